The fourth-order valence-electron chi connectivity index (χ4n) is 1.97. The van der Waals surface area contributed by atoms with Gasteiger partial charge in [-0.1, -0.05) is 53.8 Å². The molecule has 0 saturated carbocycles. The smallest absolute Gasteiger partial charge is 0.408 e. The standard InChI is InChI=1S/C19H17NO4/c1-14-9-10-16(17(12-14)18(21)22)8-5-11-20-19(23)24-13-15-6-3-2-4-7-15/h2-4,6-7,9-10,12H,11,13H2,1H3,(H,20,23)(H,21,22). The molecule has 2 N–H and O–H groups in total. The number of benzene rings is 2. The molecule has 2 rings (SSSR count). The van der Waals surface area contributed by atoms with Crippen LogP contribution in [0.2, 0.25) is 0 Å². The zero-order valence-electron chi connectivity index (χ0n) is 13.2. The van der Waals surface area contributed by atoms with E-state index in [1.54, 1.807) is 18.2 Å². The third-order valence-electron chi connectivity index (χ3n) is 3.16. The molecule has 0 aromatic heterocycles. The van der Waals surface area contributed by atoms with Gasteiger partial charge in [0.25, 0.3) is 0 Å². The van der Waals surface area contributed by atoms with Gasteiger partial charge >= 0.3 is 12.1 Å². The van der Waals surface area contributed by atoms with Crippen molar-refractivity contribution < 1.29 is 19.4 Å². The van der Waals surface area contributed by atoms with Crippen LogP contribution in [0.15, 0.2) is 48.5 Å². The van der Waals surface area contributed by atoms with Gasteiger partial charge in [-0.15, -0.1) is 0 Å². The van der Waals surface area contributed by atoms with Gasteiger partial charge in [-0.2, -0.15) is 0 Å². The Morgan fingerprint density at radius 1 is 1.17 bits per heavy atom. The number of carboxylic acids is 1. The zero-order chi connectivity index (χ0) is 17.4. The number of nitrogens with one attached hydrogen (secondary N) is 1. The number of rotatable bonds is 4. The molecule has 0 fully saturated rings. The number of hydrogen-bond acceptors (Lipinski definition) is 3. The number of aryl methyl sites for hydroxylation is 1. The summed E-state index contributed by atoms with van der Waals surface area (Å²) in [6.07, 6.45) is -0.574. The lowest BCUT2D eigenvalue weighted by atomic mass is 10.1. The maximum absolute atomic E-state index is 11.6. The zero-order valence-corrected chi connectivity index (χ0v) is 13.2. The number of carboxylic acid groups (broad SMARTS) is 1. The summed E-state index contributed by atoms with van der Waals surface area (Å²) in [7, 11) is 0. The van der Waals surface area contributed by atoms with Crippen molar-refractivity contribution in [3.05, 3.63) is 70.8 Å². The Bertz CT molecular complexity index is 788. The molecule has 0 spiro atoms. The van der Waals surface area contributed by atoms with E-state index in [1.165, 1.54) is 0 Å². The van der Waals surface area contributed by atoms with Crippen molar-refractivity contribution in [1.82, 2.24) is 5.32 Å². The first kappa shape index (κ1) is 17.1. The molecule has 5 heteroatoms. The molecule has 2 aromatic rings. The van der Waals surface area contributed by atoms with Crippen molar-refractivity contribution in [2.75, 3.05) is 6.54 Å². The maximum Gasteiger partial charge on any atom is 0.408 e. The number of aromatic carboxylic acids is 1. The predicted octanol–water partition coefficient (Wildman–Crippen LogP) is 2.97. The first-order valence-corrected chi connectivity index (χ1v) is 7.33. The molecule has 24 heavy (non-hydrogen) atoms. The Kier molecular flexibility index (Phi) is 5.98. The van der Waals surface area contributed by atoms with E-state index < -0.39 is 12.1 Å². The topological polar surface area (TPSA) is 75.6 Å². The molecule has 122 valence electrons. The van der Waals surface area contributed by atoms with Gasteiger partial charge in [0.1, 0.15) is 6.61 Å². The van der Waals surface area contributed by atoms with Crippen LogP contribution in [0.5, 0.6) is 0 Å². The van der Waals surface area contributed by atoms with E-state index in [-0.39, 0.29) is 18.7 Å². The predicted molar refractivity (Wildman–Crippen MR) is 89.6 cm³/mol. The molecule has 0 bridgehead atoms. The molecule has 5 nitrogen and oxygen atoms in total. The van der Waals surface area contributed by atoms with Gasteiger partial charge in [-0.3, -0.25) is 0 Å². The normalized spacial score (nSPS) is 9.54. The quantitative estimate of drug-likeness (QED) is 0.848. The van der Waals surface area contributed by atoms with Crippen LogP contribution in [0.25, 0.3) is 0 Å². The van der Waals surface area contributed by atoms with Gasteiger partial charge in [-0.05, 0) is 24.6 Å². The summed E-state index contributed by atoms with van der Waals surface area (Å²) in [5.41, 5.74) is 2.30. The molecular weight excluding hydrogens is 306 g/mol. The van der Waals surface area contributed by atoms with E-state index in [2.05, 4.69) is 17.2 Å². The monoisotopic (exact) mass is 323 g/mol. The van der Waals surface area contributed by atoms with Crippen LogP contribution in [0, 0.1) is 18.8 Å². The van der Waals surface area contributed by atoms with Gasteiger partial charge in [0.15, 0.2) is 0 Å². The molecule has 1 amide bonds. The molecule has 2 aromatic carbocycles. The molecular formula is C19H17NO4. The highest BCUT2D eigenvalue weighted by Crippen LogP contribution is 2.10. The van der Waals surface area contributed by atoms with Crippen LogP contribution in [0.1, 0.15) is 27.0 Å². The average Bonchev–Trinajstić information content (AvgIpc) is 2.58. The minimum absolute atomic E-state index is 0.0700. The first-order chi connectivity index (χ1) is 11.6. The fourth-order valence-corrected chi connectivity index (χ4v) is 1.97. The number of amides is 1. The number of ether oxygens (including phenoxy) is 1. The van der Waals surface area contributed by atoms with Crippen LogP contribution in [-0.2, 0) is 11.3 Å². The summed E-state index contributed by atoms with van der Waals surface area (Å²) in [4.78, 5) is 22.7. The summed E-state index contributed by atoms with van der Waals surface area (Å²) >= 11 is 0. The Morgan fingerprint density at radius 3 is 2.62 bits per heavy atom. The highest BCUT2D eigenvalue weighted by molar-refractivity contribution is 5.91. The lowest BCUT2D eigenvalue weighted by Crippen LogP contribution is -2.24. The van der Waals surface area contributed by atoms with Gasteiger partial charge in [0.05, 0.1) is 12.1 Å². The van der Waals surface area contributed by atoms with Crippen molar-refractivity contribution in [1.29, 1.82) is 0 Å². The van der Waals surface area contributed by atoms with Gasteiger partial charge in [0.2, 0.25) is 0 Å². The van der Waals surface area contributed by atoms with Crippen LogP contribution in [-0.4, -0.2) is 23.7 Å². The fraction of sp³-hybridized carbons (Fsp3) is 0.158. The lowest BCUT2D eigenvalue weighted by Gasteiger charge is -2.04. The van der Waals surface area contributed by atoms with E-state index >= 15 is 0 Å². The molecule has 0 atom stereocenters. The van der Waals surface area contributed by atoms with Crippen molar-refractivity contribution >= 4 is 12.1 Å². The van der Waals surface area contributed by atoms with E-state index in [9.17, 15) is 9.59 Å². The van der Waals surface area contributed by atoms with Crippen molar-refractivity contribution in [3.63, 3.8) is 0 Å². The molecule has 0 heterocycles. The Hall–Kier alpha value is -3.26. The van der Waals surface area contributed by atoms with Crippen LogP contribution >= 0.6 is 0 Å². The Morgan fingerprint density at radius 2 is 1.92 bits per heavy atom. The second kappa shape index (κ2) is 8.39. The second-order valence-corrected chi connectivity index (χ2v) is 5.07. The van der Waals surface area contributed by atoms with Crippen LogP contribution in [0.4, 0.5) is 4.79 Å². The van der Waals surface area contributed by atoms with E-state index in [4.69, 9.17) is 9.84 Å². The molecule has 0 aliphatic heterocycles. The lowest BCUT2D eigenvalue weighted by molar-refractivity contribution is 0.0696. The third-order valence-corrected chi connectivity index (χ3v) is 3.16. The highest BCUT2D eigenvalue weighted by atomic mass is 16.5. The molecule has 0 saturated heterocycles. The molecule has 0 unspecified atom stereocenters. The number of carbonyl (C=O) groups is 2. The summed E-state index contributed by atoms with van der Waals surface area (Å²) < 4.78 is 5.05. The van der Waals surface area contributed by atoms with Crippen molar-refractivity contribution in [2.24, 2.45) is 0 Å². The van der Waals surface area contributed by atoms with Gasteiger partial charge in [0, 0.05) is 5.56 Å². The summed E-state index contributed by atoms with van der Waals surface area (Å²) in [6, 6.07) is 14.3. The van der Waals surface area contributed by atoms with E-state index in [0.29, 0.717) is 5.56 Å². The molecule has 0 aliphatic carbocycles. The SMILES string of the molecule is Cc1ccc(C#CCNC(=O)OCc2ccccc2)c(C(=O)O)c1. The highest BCUT2D eigenvalue weighted by Gasteiger charge is 2.08. The number of carbonyl (C=O) groups excluding carboxylic acids is 1. The van der Waals surface area contributed by atoms with Crippen LogP contribution in [0.3, 0.4) is 0 Å². The van der Waals surface area contributed by atoms with Crippen molar-refractivity contribution in [2.45, 2.75) is 13.5 Å². The van der Waals surface area contributed by atoms with E-state index in [1.807, 2.05) is 37.3 Å². The first-order valence-electron chi connectivity index (χ1n) is 7.33. The largest absolute Gasteiger partial charge is 0.478 e. The third kappa shape index (κ3) is 5.18. The van der Waals surface area contributed by atoms with Crippen LogP contribution < -0.4 is 5.32 Å². The Labute approximate surface area is 140 Å². The number of hydrogen-bond donors (Lipinski definition) is 2. The summed E-state index contributed by atoms with van der Waals surface area (Å²) in [5.74, 6) is 4.44. The van der Waals surface area contributed by atoms with Crippen molar-refractivity contribution in [3.8, 4) is 11.8 Å². The summed E-state index contributed by atoms with van der Waals surface area (Å²) in [6.45, 7) is 2.07. The molecule has 0 radical (unpaired) electrons. The minimum atomic E-state index is -1.03. The second-order valence-electron chi connectivity index (χ2n) is 5.07. The Balaban J connectivity index is 1.85. The van der Waals surface area contributed by atoms with E-state index in [0.717, 1.165) is 11.1 Å². The molecule has 0 aliphatic rings. The minimum Gasteiger partial charge on any atom is -0.478 e. The maximum atomic E-state index is 11.6. The van der Waals surface area contributed by atoms with Gasteiger partial charge < -0.3 is 15.2 Å². The number of alkyl carbamates (subject to hydrolysis) is 1. The average molecular weight is 323 g/mol. The summed E-state index contributed by atoms with van der Waals surface area (Å²) in [5, 5.41) is 11.7. The van der Waals surface area contributed by atoms with Gasteiger partial charge in [-0.25, -0.2) is 9.59 Å².